The molecule has 130 valence electrons. The van der Waals surface area contributed by atoms with E-state index in [1.165, 1.54) is 26.4 Å². The molecule has 0 saturated carbocycles. The van der Waals surface area contributed by atoms with Crippen LogP contribution in [0.3, 0.4) is 0 Å². The third-order valence-corrected chi connectivity index (χ3v) is 3.41. The molecule has 6 heteroatoms. The predicted molar refractivity (Wildman–Crippen MR) is 95.4 cm³/mol. The average Bonchev–Trinajstić information content (AvgIpc) is 2.63. The number of carbonyl (C=O) groups excluding carboxylic acids is 2. The number of amides is 2. The van der Waals surface area contributed by atoms with Crippen molar-refractivity contribution in [3.8, 4) is 11.5 Å². The van der Waals surface area contributed by atoms with Crippen molar-refractivity contribution in [1.29, 1.82) is 0 Å². The number of ether oxygens (including phenoxy) is 2. The summed E-state index contributed by atoms with van der Waals surface area (Å²) in [7, 11) is 3.00. The van der Waals surface area contributed by atoms with Crippen molar-refractivity contribution in [2.45, 2.75) is 6.92 Å². The molecular weight excluding hydrogens is 320 g/mol. The molecule has 0 radical (unpaired) electrons. The molecule has 2 rings (SSSR count). The molecule has 0 aromatic heterocycles. The lowest BCUT2D eigenvalue weighted by Crippen LogP contribution is -2.40. The second-order valence-electron chi connectivity index (χ2n) is 5.26. The SMILES string of the molecule is COc1ccc(C(=O)NNC(=O)/C=C/c2cccc(C)c2)cc1OC. The Labute approximate surface area is 146 Å². The lowest BCUT2D eigenvalue weighted by atomic mass is 10.1. The van der Waals surface area contributed by atoms with Crippen molar-refractivity contribution in [3.63, 3.8) is 0 Å². The van der Waals surface area contributed by atoms with Gasteiger partial charge < -0.3 is 9.47 Å². The van der Waals surface area contributed by atoms with E-state index < -0.39 is 11.8 Å². The van der Waals surface area contributed by atoms with Crippen molar-refractivity contribution in [3.05, 3.63) is 65.2 Å². The third-order valence-electron chi connectivity index (χ3n) is 3.41. The van der Waals surface area contributed by atoms with Gasteiger partial charge in [0.2, 0.25) is 0 Å². The quantitative estimate of drug-likeness (QED) is 0.648. The van der Waals surface area contributed by atoms with Crippen LogP contribution >= 0.6 is 0 Å². The number of aryl methyl sites for hydroxylation is 1. The summed E-state index contributed by atoms with van der Waals surface area (Å²) in [5.74, 6) is 0.0542. The second kappa shape index (κ2) is 8.54. The number of hydrogen-bond acceptors (Lipinski definition) is 4. The summed E-state index contributed by atoms with van der Waals surface area (Å²) in [6.07, 6.45) is 3.02. The zero-order valence-corrected chi connectivity index (χ0v) is 14.3. The van der Waals surface area contributed by atoms with Crippen LogP contribution in [0.4, 0.5) is 0 Å². The highest BCUT2D eigenvalue weighted by molar-refractivity contribution is 5.98. The van der Waals surface area contributed by atoms with Crippen LogP contribution < -0.4 is 20.3 Å². The maximum absolute atomic E-state index is 12.1. The van der Waals surface area contributed by atoms with Crippen molar-refractivity contribution in [2.24, 2.45) is 0 Å². The van der Waals surface area contributed by atoms with Gasteiger partial charge in [-0.1, -0.05) is 29.8 Å². The minimum absolute atomic E-state index is 0.334. The van der Waals surface area contributed by atoms with Gasteiger partial charge >= 0.3 is 0 Å². The molecule has 6 nitrogen and oxygen atoms in total. The summed E-state index contributed by atoms with van der Waals surface area (Å²) in [4.78, 5) is 23.9. The van der Waals surface area contributed by atoms with Crippen LogP contribution in [0, 0.1) is 6.92 Å². The highest BCUT2D eigenvalue weighted by atomic mass is 16.5. The largest absolute Gasteiger partial charge is 0.493 e. The Kier molecular flexibility index (Phi) is 6.17. The third kappa shape index (κ3) is 5.10. The molecule has 0 saturated heterocycles. The maximum atomic E-state index is 12.1. The predicted octanol–water partition coefficient (Wildman–Crippen LogP) is 2.49. The van der Waals surface area contributed by atoms with Gasteiger partial charge in [0.05, 0.1) is 14.2 Å². The molecule has 2 aromatic carbocycles. The summed E-state index contributed by atoms with van der Waals surface area (Å²) < 4.78 is 10.3. The molecule has 0 aliphatic rings. The summed E-state index contributed by atoms with van der Waals surface area (Å²) in [5.41, 5.74) is 7.02. The fourth-order valence-corrected chi connectivity index (χ4v) is 2.16. The Hall–Kier alpha value is -3.28. The van der Waals surface area contributed by atoms with E-state index in [1.54, 1.807) is 18.2 Å². The highest BCUT2D eigenvalue weighted by Gasteiger charge is 2.10. The van der Waals surface area contributed by atoms with Crippen LogP contribution in [0.25, 0.3) is 6.08 Å². The van der Waals surface area contributed by atoms with Gasteiger partial charge in [-0.25, -0.2) is 0 Å². The topological polar surface area (TPSA) is 76.7 Å². The number of hydrazine groups is 1. The Morgan fingerprint density at radius 1 is 0.960 bits per heavy atom. The fraction of sp³-hybridized carbons (Fsp3) is 0.158. The summed E-state index contributed by atoms with van der Waals surface area (Å²) in [6, 6.07) is 12.4. The first-order chi connectivity index (χ1) is 12.0. The van der Waals surface area contributed by atoms with Gasteiger partial charge in [-0.05, 0) is 36.8 Å². The number of carbonyl (C=O) groups is 2. The molecule has 0 heterocycles. The molecule has 0 aliphatic heterocycles. The summed E-state index contributed by atoms with van der Waals surface area (Å²) in [6.45, 7) is 1.97. The average molecular weight is 340 g/mol. The molecule has 0 fully saturated rings. The molecule has 0 aliphatic carbocycles. The zero-order valence-electron chi connectivity index (χ0n) is 14.3. The van der Waals surface area contributed by atoms with E-state index in [0.717, 1.165) is 11.1 Å². The minimum Gasteiger partial charge on any atom is -0.493 e. The lowest BCUT2D eigenvalue weighted by Gasteiger charge is -2.10. The van der Waals surface area contributed by atoms with Crippen molar-refractivity contribution < 1.29 is 19.1 Å². The van der Waals surface area contributed by atoms with E-state index in [2.05, 4.69) is 10.9 Å². The van der Waals surface area contributed by atoms with E-state index in [0.29, 0.717) is 17.1 Å². The van der Waals surface area contributed by atoms with E-state index in [9.17, 15) is 9.59 Å². The van der Waals surface area contributed by atoms with Gasteiger partial charge in [-0.2, -0.15) is 0 Å². The molecule has 25 heavy (non-hydrogen) atoms. The van der Waals surface area contributed by atoms with Crippen LogP contribution in [0.2, 0.25) is 0 Å². The van der Waals surface area contributed by atoms with Crippen molar-refractivity contribution >= 4 is 17.9 Å². The molecule has 0 bridgehead atoms. The van der Waals surface area contributed by atoms with Crippen LogP contribution in [-0.2, 0) is 4.79 Å². The molecule has 0 atom stereocenters. The Balaban J connectivity index is 1.94. The molecular formula is C19H20N2O4. The first kappa shape index (κ1) is 18.1. The van der Waals surface area contributed by atoms with Crippen LogP contribution in [-0.4, -0.2) is 26.0 Å². The maximum Gasteiger partial charge on any atom is 0.269 e. The number of rotatable bonds is 5. The number of hydrogen-bond donors (Lipinski definition) is 2. The lowest BCUT2D eigenvalue weighted by molar-refractivity contribution is -0.117. The van der Waals surface area contributed by atoms with Crippen LogP contribution in [0.1, 0.15) is 21.5 Å². The normalized spacial score (nSPS) is 10.4. The highest BCUT2D eigenvalue weighted by Crippen LogP contribution is 2.27. The molecule has 2 amide bonds. The molecule has 0 unspecified atom stereocenters. The van der Waals surface area contributed by atoms with E-state index in [1.807, 2.05) is 31.2 Å². The summed E-state index contributed by atoms with van der Waals surface area (Å²) in [5, 5.41) is 0. The van der Waals surface area contributed by atoms with E-state index in [4.69, 9.17) is 9.47 Å². The van der Waals surface area contributed by atoms with Crippen molar-refractivity contribution in [1.82, 2.24) is 10.9 Å². The monoisotopic (exact) mass is 340 g/mol. The van der Waals surface area contributed by atoms with Gasteiger partial charge in [0.1, 0.15) is 0 Å². The number of benzene rings is 2. The number of nitrogens with one attached hydrogen (secondary N) is 2. The zero-order chi connectivity index (χ0) is 18.2. The van der Waals surface area contributed by atoms with E-state index >= 15 is 0 Å². The Morgan fingerprint density at radius 2 is 1.72 bits per heavy atom. The first-order valence-electron chi connectivity index (χ1n) is 7.60. The first-order valence-corrected chi connectivity index (χ1v) is 7.60. The number of methoxy groups -OCH3 is 2. The Morgan fingerprint density at radius 3 is 2.40 bits per heavy atom. The van der Waals surface area contributed by atoms with Gasteiger partial charge in [0.15, 0.2) is 11.5 Å². The van der Waals surface area contributed by atoms with Crippen LogP contribution in [0.15, 0.2) is 48.5 Å². The molecule has 0 spiro atoms. The second-order valence-corrected chi connectivity index (χ2v) is 5.26. The fourth-order valence-electron chi connectivity index (χ4n) is 2.16. The van der Waals surface area contributed by atoms with Gasteiger partial charge in [-0.15, -0.1) is 0 Å². The molecule has 2 aromatic rings. The van der Waals surface area contributed by atoms with Gasteiger partial charge in [0, 0.05) is 11.6 Å². The van der Waals surface area contributed by atoms with Crippen LogP contribution in [0.5, 0.6) is 11.5 Å². The summed E-state index contributed by atoms with van der Waals surface area (Å²) >= 11 is 0. The van der Waals surface area contributed by atoms with Gasteiger partial charge in [0.25, 0.3) is 11.8 Å². The van der Waals surface area contributed by atoms with Crippen molar-refractivity contribution in [2.75, 3.05) is 14.2 Å². The van der Waals surface area contributed by atoms with Gasteiger partial charge in [-0.3, -0.25) is 20.4 Å². The smallest absolute Gasteiger partial charge is 0.269 e. The molecule has 2 N–H and O–H groups in total. The van der Waals surface area contributed by atoms with E-state index in [-0.39, 0.29) is 0 Å². The minimum atomic E-state index is -0.460. The Bertz CT molecular complexity index is 800. The standard InChI is InChI=1S/C19H20N2O4/c1-13-5-4-6-14(11-13)7-10-18(22)20-21-19(23)15-8-9-16(24-2)17(12-15)25-3/h4-12H,1-3H3,(H,20,22)(H,21,23)/b10-7+.